The Morgan fingerprint density at radius 2 is 1.48 bits per heavy atom. The molecule has 1 atom stereocenters. The fraction of sp³-hybridized carbons (Fsp3) is 0.167. The summed E-state index contributed by atoms with van der Waals surface area (Å²) in [6, 6.07) is 23.0. The Bertz CT molecular complexity index is 962. The second kappa shape index (κ2) is 8.29. The van der Waals surface area contributed by atoms with Crippen molar-refractivity contribution >= 4 is 17.5 Å². The summed E-state index contributed by atoms with van der Waals surface area (Å²) in [7, 11) is 0. The summed E-state index contributed by atoms with van der Waals surface area (Å²) in [5, 5.41) is 0. The molecule has 0 spiro atoms. The summed E-state index contributed by atoms with van der Waals surface area (Å²) in [6.07, 6.45) is 0.0615. The first-order valence-electron chi connectivity index (χ1n) is 9.47. The molecule has 29 heavy (non-hydrogen) atoms. The zero-order chi connectivity index (χ0) is 20.2. The van der Waals surface area contributed by atoms with E-state index in [1.54, 1.807) is 54.6 Å². The predicted molar refractivity (Wildman–Crippen MR) is 110 cm³/mol. The molecule has 5 heteroatoms. The number of anilines is 1. The minimum Gasteiger partial charge on any atom is -0.489 e. The fourth-order valence-electron chi connectivity index (χ4n) is 3.00. The Labute approximate surface area is 169 Å². The molecule has 0 aliphatic carbocycles. The third-order valence-electron chi connectivity index (χ3n) is 4.63. The molecule has 1 aliphatic rings. The number of aryl methyl sites for hydroxylation is 1. The monoisotopic (exact) mass is 387 g/mol. The van der Waals surface area contributed by atoms with E-state index < -0.39 is 11.8 Å². The number of epoxide rings is 1. The van der Waals surface area contributed by atoms with Gasteiger partial charge in [-0.3, -0.25) is 9.59 Å². The van der Waals surface area contributed by atoms with Crippen molar-refractivity contribution in [3.8, 4) is 5.75 Å². The molecule has 0 radical (unpaired) electrons. The first-order valence-corrected chi connectivity index (χ1v) is 9.47. The zero-order valence-corrected chi connectivity index (χ0v) is 16.1. The van der Waals surface area contributed by atoms with Gasteiger partial charge in [0.2, 0.25) is 0 Å². The van der Waals surface area contributed by atoms with Crippen molar-refractivity contribution in [3.63, 3.8) is 0 Å². The summed E-state index contributed by atoms with van der Waals surface area (Å²) < 4.78 is 11.1. The Hall–Kier alpha value is -3.44. The standard InChI is InChI=1S/C24H21NO4/c1-17-12-13-21(22(14-17)29-16-20-15-28-20)25(23(26)18-8-4-2-5-9-18)24(27)19-10-6-3-7-11-19/h2-14,20H,15-16H2,1H3. The number of amides is 2. The topological polar surface area (TPSA) is 59.1 Å². The lowest BCUT2D eigenvalue weighted by molar-refractivity contribution is 0.0896. The number of benzene rings is 3. The molecule has 146 valence electrons. The smallest absolute Gasteiger partial charge is 0.265 e. The van der Waals surface area contributed by atoms with Crippen LogP contribution in [0.1, 0.15) is 26.3 Å². The average Bonchev–Trinajstić information content (AvgIpc) is 3.59. The van der Waals surface area contributed by atoms with E-state index in [0.717, 1.165) is 5.56 Å². The molecule has 3 aromatic rings. The van der Waals surface area contributed by atoms with E-state index in [2.05, 4.69) is 0 Å². The van der Waals surface area contributed by atoms with Crippen molar-refractivity contribution in [1.82, 2.24) is 0 Å². The molecule has 4 rings (SSSR count). The normalized spacial score (nSPS) is 14.9. The number of imide groups is 1. The van der Waals surface area contributed by atoms with Crippen molar-refractivity contribution in [2.45, 2.75) is 13.0 Å². The van der Waals surface area contributed by atoms with E-state index in [-0.39, 0.29) is 6.10 Å². The second-order valence-electron chi connectivity index (χ2n) is 6.92. The molecule has 0 bridgehead atoms. The fourth-order valence-corrected chi connectivity index (χ4v) is 3.00. The lowest BCUT2D eigenvalue weighted by Crippen LogP contribution is -2.37. The van der Waals surface area contributed by atoms with E-state index in [1.165, 1.54) is 4.90 Å². The quantitative estimate of drug-likeness (QED) is 0.468. The van der Waals surface area contributed by atoms with Crippen molar-refractivity contribution in [3.05, 3.63) is 95.6 Å². The third-order valence-corrected chi connectivity index (χ3v) is 4.63. The maximum atomic E-state index is 13.4. The molecule has 2 amide bonds. The van der Waals surface area contributed by atoms with Gasteiger partial charge in [-0.2, -0.15) is 0 Å². The van der Waals surface area contributed by atoms with Crippen LogP contribution < -0.4 is 9.64 Å². The molecule has 1 saturated heterocycles. The molecule has 3 aromatic carbocycles. The molecule has 0 aromatic heterocycles. The SMILES string of the molecule is Cc1ccc(N(C(=O)c2ccccc2)C(=O)c2ccccc2)c(OCC2CO2)c1. The maximum Gasteiger partial charge on any atom is 0.265 e. The molecule has 1 unspecified atom stereocenters. The Kier molecular flexibility index (Phi) is 5.40. The predicted octanol–water partition coefficient (Wildman–Crippen LogP) is 4.26. The van der Waals surface area contributed by atoms with E-state index in [9.17, 15) is 9.59 Å². The number of ether oxygens (including phenoxy) is 2. The van der Waals surface area contributed by atoms with Crippen LogP contribution in [0.2, 0.25) is 0 Å². The number of hydrogen-bond acceptors (Lipinski definition) is 4. The molecule has 1 heterocycles. The third kappa shape index (κ3) is 4.36. The highest BCUT2D eigenvalue weighted by Crippen LogP contribution is 2.32. The van der Waals surface area contributed by atoms with Gasteiger partial charge in [-0.25, -0.2) is 4.90 Å². The molecule has 0 N–H and O–H groups in total. The first-order chi connectivity index (χ1) is 14.1. The van der Waals surface area contributed by atoms with Crippen LogP contribution in [0, 0.1) is 6.92 Å². The van der Waals surface area contributed by atoms with Crippen LogP contribution in [0.15, 0.2) is 78.9 Å². The highest BCUT2D eigenvalue weighted by Gasteiger charge is 2.30. The molecular formula is C24H21NO4. The van der Waals surface area contributed by atoms with Gasteiger partial charge in [0.1, 0.15) is 18.5 Å². The van der Waals surface area contributed by atoms with Gasteiger partial charge in [0.25, 0.3) is 11.8 Å². The minimum absolute atomic E-state index is 0.0615. The van der Waals surface area contributed by atoms with Gasteiger partial charge >= 0.3 is 0 Å². The average molecular weight is 387 g/mol. The summed E-state index contributed by atoms with van der Waals surface area (Å²) in [5.41, 5.74) is 2.24. The summed E-state index contributed by atoms with van der Waals surface area (Å²) in [4.78, 5) is 27.9. The van der Waals surface area contributed by atoms with Gasteiger partial charge in [0.15, 0.2) is 0 Å². The number of rotatable bonds is 6. The van der Waals surface area contributed by atoms with Crippen LogP contribution in [0.25, 0.3) is 0 Å². The van der Waals surface area contributed by atoms with Crippen molar-refractivity contribution in [1.29, 1.82) is 0 Å². The lowest BCUT2D eigenvalue weighted by atomic mass is 10.1. The van der Waals surface area contributed by atoms with E-state index >= 15 is 0 Å². The van der Waals surface area contributed by atoms with Gasteiger partial charge in [-0.05, 0) is 48.9 Å². The van der Waals surface area contributed by atoms with Gasteiger partial charge < -0.3 is 9.47 Å². The maximum absolute atomic E-state index is 13.4. The Balaban J connectivity index is 1.77. The van der Waals surface area contributed by atoms with Gasteiger partial charge in [-0.15, -0.1) is 0 Å². The number of nitrogens with zero attached hydrogens (tertiary/aromatic N) is 1. The second-order valence-corrected chi connectivity index (χ2v) is 6.92. The molecule has 5 nitrogen and oxygen atoms in total. The zero-order valence-electron chi connectivity index (χ0n) is 16.1. The lowest BCUT2D eigenvalue weighted by Gasteiger charge is -2.24. The molecular weight excluding hydrogens is 366 g/mol. The van der Waals surface area contributed by atoms with Crippen LogP contribution in [-0.2, 0) is 4.74 Å². The van der Waals surface area contributed by atoms with Crippen LogP contribution in [-0.4, -0.2) is 31.1 Å². The molecule has 1 fully saturated rings. The minimum atomic E-state index is -0.407. The number of hydrogen-bond donors (Lipinski definition) is 0. The summed E-state index contributed by atoms with van der Waals surface area (Å²) >= 11 is 0. The Morgan fingerprint density at radius 1 is 0.931 bits per heavy atom. The molecule has 1 aliphatic heterocycles. The van der Waals surface area contributed by atoms with Gasteiger partial charge in [0, 0.05) is 11.1 Å². The van der Waals surface area contributed by atoms with Crippen molar-refractivity contribution < 1.29 is 19.1 Å². The van der Waals surface area contributed by atoms with Crippen LogP contribution >= 0.6 is 0 Å². The summed E-state index contributed by atoms with van der Waals surface area (Å²) in [5.74, 6) is -0.333. The van der Waals surface area contributed by atoms with Crippen LogP contribution in [0.5, 0.6) is 5.75 Å². The van der Waals surface area contributed by atoms with E-state index in [1.807, 2.05) is 31.2 Å². The van der Waals surface area contributed by atoms with Gasteiger partial charge in [0.05, 0.1) is 12.3 Å². The summed E-state index contributed by atoms with van der Waals surface area (Å²) in [6.45, 7) is 2.98. The van der Waals surface area contributed by atoms with E-state index in [0.29, 0.717) is 35.8 Å². The first kappa shape index (κ1) is 18.9. The highest BCUT2D eigenvalue weighted by atomic mass is 16.6. The number of carbonyl (C=O) groups is 2. The van der Waals surface area contributed by atoms with Gasteiger partial charge in [-0.1, -0.05) is 42.5 Å². The van der Waals surface area contributed by atoms with Crippen molar-refractivity contribution in [2.75, 3.05) is 18.1 Å². The highest BCUT2D eigenvalue weighted by molar-refractivity contribution is 6.26. The van der Waals surface area contributed by atoms with Crippen LogP contribution in [0.3, 0.4) is 0 Å². The van der Waals surface area contributed by atoms with E-state index in [4.69, 9.17) is 9.47 Å². The Morgan fingerprint density at radius 3 is 2.00 bits per heavy atom. The molecule has 0 saturated carbocycles. The van der Waals surface area contributed by atoms with Crippen LogP contribution in [0.4, 0.5) is 5.69 Å². The largest absolute Gasteiger partial charge is 0.489 e. The number of carbonyl (C=O) groups excluding carboxylic acids is 2. The van der Waals surface area contributed by atoms with Crippen molar-refractivity contribution in [2.24, 2.45) is 0 Å².